The van der Waals surface area contributed by atoms with E-state index in [4.69, 9.17) is 23.8 Å². The number of hydrogen-bond acceptors (Lipinski definition) is 2. The highest BCUT2D eigenvalue weighted by Gasteiger charge is 2.03. The molecule has 0 saturated carbocycles. The van der Waals surface area contributed by atoms with Crippen molar-refractivity contribution in [1.29, 1.82) is 0 Å². The molecule has 0 aliphatic rings. The van der Waals surface area contributed by atoms with E-state index in [1.807, 2.05) is 19.1 Å². The van der Waals surface area contributed by atoms with E-state index in [-0.39, 0.29) is 5.82 Å². The normalized spacial score (nSPS) is 10.6. The standard InChI is InChI=1S/C15H13ClFN3S/c1-10-12(16)6-4-8-14(10)19-15(21)20-18-9-11-5-2-3-7-13(11)17/h2-9H,1H3,(H2,19,20,21)/b18-9-. The van der Waals surface area contributed by atoms with Gasteiger partial charge in [-0.1, -0.05) is 35.9 Å². The number of rotatable bonds is 3. The molecule has 0 aromatic heterocycles. The Balaban J connectivity index is 1.97. The van der Waals surface area contributed by atoms with Gasteiger partial charge >= 0.3 is 0 Å². The Morgan fingerprint density at radius 2 is 2.00 bits per heavy atom. The van der Waals surface area contributed by atoms with Crippen LogP contribution in [0.25, 0.3) is 0 Å². The Morgan fingerprint density at radius 3 is 2.76 bits per heavy atom. The van der Waals surface area contributed by atoms with Gasteiger partial charge in [-0.15, -0.1) is 0 Å². The van der Waals surface area contributed by atoms with E-state index < -0.39 is 0 Å². The molecule has 3 nitrogen and oxygen atoms in total. The molecule has 2 aromatic carbocycles. The topological polar surface area (TPSA) is 36.4 Å². The van der Waals surface area contributed by atoms with Gasteiger partial charge in [0.05, 0.1) is 6.21 Å². The summed E-state index contributed by atoms with van der Waals surface area (Å²) in [6.07, 6.45) is 1.37. The van der Waals surface area contributed by atoms with Crippen LogP contribution < -0.4 is 10.7 Å². The van der Waals surface area contributed by atoms with E-state index in [9.17, 15) is 4.39 Å². The van der Waals surface area contributed by atoms with Crippen molar-refractivity contribution >= 4 is 40.8 Å². The third-order valence-electron chi connectivity index (χ3n) is 2.79. The Labute approximate surface area is 132 Å². The Bertz CT molecular complexity index is 688. The lowest BCUT2D eigenvalue weighted by molar-refractivity contribution is 0.626. The molecule has 0 spiro atoms. The molecule has 6 heteroatoms. The van der Waals surface area contributed by atoms with Gasteiger partial charge < -0.3 is 5.32 Å². The van der Waals surface area contributed by atoms with Gasteiger partial charge in [0.1, 0.15) is 5.82 Å². The average molecular weight is 322 g/mol. The van der Waals surface area contributed by atoms with Crippen molar-refractivity contribution in [3.05, 3.63) is 64.4 Å². The summed E-state index contributed by atoms with van der Waals surface area (Å²) >= 11 is 11.1. The number of hydrazone groups is 1. The lowest BCUT2D eigenvalue weighted by atomic mass is 10.2. The van der Waals surface area contributed by atoms with Gasteiger partial charge in [0.2, 0.25) is 0 Å². The van der Waals surface area contributed by atoms with Gasteiger partial charge in [-0.05, 0) is 42.9 Å². The monoisotopic (exact) mass is 321 g/mol. The van der Waals surface area contributed by atoms with Crippen molar-refractivity contribution in [2.45, 2.75) is 6.92 Å². The highest BCUT2D eigenvalue weighted by atomic mass is 35.5. The van der Waals surface area contributed by atoms with E-state index in [1.165, 1.54) is 12.3 Å². The van der Waals surface area contributed by atoms with E-state index in [0.29, 0.717) is 15.7 Å². The van der Waals surface area contributed by atoms with Crippen molar-refractivity contribution in [2.75, 3.05) is 5.32 Å². The second kappa shape index (κ2) is 7.15. The zero-order valence-electron chi connectivity index (χ0n) is 11.2. The zero-order chi connectivity index (χ0) is 15.2. The second-order valence-electron chi connectivity index (χ2n) is 4.26. The van der Waals surface area contributed by atoms with E-state index in [1.54, 1.807) is 24.3 Å². The summed E-state index contributed by atoms with van der Waals surface area (Å²) in [6.45, 7) is 1.88. The lowest BCUT2D eigenvalue weighted by Gasteiger charge is -2.10. The van der Waals surface area contributed by atoms with Crippen LogP contribution in [-0.4, -0.2) is 11.3 Å². The fourth-order valence-electron chi connectivity index (χ4n) is 1.63. The molecule has 0 aliphatic heterocycles. The number of nitrogens with one attached hydrogen (secondary N) is 2. The molecule has 2 aromatic rings. The van der Waals surface area contributed by atoms with Crippen LogP contribution in [0.3, 0.4) is 0 Å². The van der Waals surface area contributed by atoms with E-state index in [0.717, 1.165) is 11.3 Å². The van der Waals surface area contributed by atoms with Gasteiger partial charge in [-0.25, -0.2) is 4.39 Å². The molecule has 0 fully saturated rings. The minimum absolute atomic E-state index is 0.299. The summed E-state index contributed by atoms with van der Waals surface area (Å²) in [5, 5.41) is 7.83. The van der Waals surface area contributed by atoms with Gasteiger partial charge in [-0.2, -0.15) is 5.10 Å². The highest BCUT2D eigenvalue weighted by Crippen LogP contribution is 2.22. The minimum Gasteiger partial charge on any atom is -0.331 e. The van der Waals surface area contributed by atoms with Crippen LogP contribution in [0.4, 0.5) is 10.1 Å². The van der Waals surface area contributed by atoms with Crippen LogP contribution in [0.2, 0.25) is 5.02 Å². The maximum Gasteiger partial charge on any atom is 0.191 e. The largest absolute Gasteiger partial charge is 0.331 e. The number of anilines is 1. The molecular formula is C15H13ClFN3S. The van der Waals surface area contributed by atoms with Crippen LogP contribution in [0.1, 0.15) is 11.1 Å². The highest BCUT2D eigenvalue weighted by molar-refractivity contribution is 7.80. The zero-order valence-corrected chi connectivity index (χ0v) is 12.8. The average Bonchev–Trinajstić information content (AvgIpc) is 2.46. The van der Waals surface area contributed by atoms with Crippen molar-refractivity contribution in [2.24, 2.45) is 5.10 Å². The summed E-state index contributed by atoms with van der Waals surface area (Å²) in [5.74, 6) is -0.340. The molecule has 0 saturated heterocycles. The lowest BCUT2D eigenvalue weighted by Crippen LogP contribution is -2.24. The summed E-state index contributed by atoms with van der Waals surface area (Å²) in [5.41, 5.74) is 4.70. The van der Waals surface area contributed by atoms with Crippen molar-refractivity contribution in [1.82, 2.24) is 5.43 Å². The molecule has 0 bridgehead atoms. The van der Waals surface area contributed by atoms with Gasteiger partial charge in [0.15, 0.2) is 5.11 Å². The maximum absolute atomic E-state index is 13.4. The molecule has 0 atom stereocenters. The number of benzene rings is 2. The molecular weight excluding hydrogens is 309 g/mol. The quantitative estimate of drug-likeness (QED) is 0.507. The Kier molecular flexibility index (Phi) is 5.25. The molecule has 21 heavy (non-hydrogen) atoms. The summed E-state index contributed by atoms with van der Waals surface area (Å²) in [6, 6.07) is 11.8. The van der Waals surface area contributed by atoms with Crippen molar-refractivity contribution < 1.29 is 4.39 Å². The summed E-state index contributed by atoms with van der Waals surface area (Å²) in [7, 11) is 0. The third kappa shape index (κ3) is 4.24. The predicted molar refractivity (Wildman–Crippen MR) is 89.5 cm³/mol. The SMILES string of the molecule is Cc1c(Cl)cccc1NC(=S)N/N=C\c1ccccc1F. The Morgan fingerprint density at radius 1 is 1.24 bits per heavy atom. The van der Waals surface area contributed by atoms with Crippen LogP contribution in [0.5, 0.6) is 0 Å². The van der Waals surface area contributed by atoms with Crippen molar-refractivity contribution in [3.8, 4) is 0 Å². The molecule has 0 heterocycles. The van der Waals surface area contributed by atoms with Crippen LogP contribution in [0, 0.1) is 12.7 Å². The first-order valence-electron chi connectivity index (χ1n) is 6.17. The third-order valence-corrected chi connectivity index (χ3v) is 3.39. The van der Waals surface area contributed by atoms with Gasteiger partial charge in [0.25, 0.3) is 0 Å². The first-order chi connectivity index (χ1) is 10.1. The fraction of sp³-hybridized carbons (Fsp3) is 0.0667. The molecule has 0 radical (unpaired) electrons. The fourth-order valence-corrected chi connectivity index (χ4v) is 1.97. The predicted octanol–water partition coefficient (Wildman–Crippen LogP) is 4.11. The van der Waals surface area contributed by atoms with Crippen LogP contribution in [0.15, 0.2) is 47.6 Å². The molecule has 0 aliphatic carbocycles. The first kappa shape index (κ1) is 15.4. The number of hydrogen-bond donors (Lipinski definition) is 2. The molecule has 0 amide bonds. The first-order valence-corrected chi connectivity index (χ1v) is 6.96. The summed E-state index contributed by atoms with van der Waals surface area (Å²) < 4.78 is 13.4. The Hall–Kier alpha value is -1.98. The summed E-state index contributed by atoms with van der Waals surface area (Å²) in [4.78, 5) is 0. The van der Waals surface area contributed by atoms with Crippen LogP contribution in [-0.2, 0) is 0 Å². The smallest absolute Gasteiger partial charge is 0.191 e. The molecule has 108 valence electrons. The molecule has 2 rings (SSSR count). The number of halogens is 2. The van der Waals surface area contributed by atoms with E-state index in [2.05, 4.69) is 15.8 Å². The van der Waals surface area contributed by atoms with E-state index >= 15 is 0 Å². The maximum atomic E-state index is 13.4. The second-order valence-corrected chi connectivity index (χ2v) is 5.07. The minimum atomic E-state index is -0.340. The molecule has 2 N–H and O–H groups in total. The van der Waals surface area contributed by atoms with Gasteiger partial charge in [0, 0.05) is 16.3 Å². The van der Waals surface area contributed by atoms with Crippen molar-refractivity contribution in [3.63, 3.8) is 0 Å². The van der Waals surface area contributed by atoms with Gasteiger partial charge in [-0.3, -0.25) is 5.43 Å². The van der Waals surface area contributed by atoms with Crippen LogP contribution >= 0.6 is 23.8 Å². The number of thiocarbonyl (C=S) groups is 1. The molecule has 0 unspecified atom stereocenters. The number of nitrogens with zero attached hydrogens (tertiary/aromatic N) is 1.